The van der Waals surface area contributed by atoms with Gasteiger partial charge in [0.05, 0.1) is 27.2 Å². The Morgan fingerprint density at radius 1 is 1.09 bits per heavy atom. The van der Waals surface area contributed by atoms with Gasteiger partial charge in [-0.15, -0.1) is 0 Å². The largest absolute Gasteiger partial charge is 0.497 e. The van der Waals surface area contributed by atoms with Gasteiger partial charge in [-0.25, -0.2) is 23.0 Å². The number of esters is 2. The smallest absolute Gasteiger partial charge is 0.330 e. The van der Waals surface area contributed by atoms with E-state index in [0.717, 1.165) is 25.4 Å². The number of fused-ring (bicyclic) bond motifs is 1. The number of carbonyl (C=O) groups excluding carboxylic acids is 3. The molecule has 2 aliphatic heterocycles. The van der Waals surface area contributed by atoms with Crippen molar-refractivity contribution in [3.8, 4) is 5.75 Å². The van der Waals surface area contributed by atoms with E-state index in [-0.39, 0.29) is 0 Å². The predicted molar refractivity (Wildman–Crippen MR) is 114 cm³/mol. The maximum absolute atomic E-state index is 13.5. The van der Waals surface area contributed by atoms with Gasteiger partial charge in [0.25, 0.3) is 0 Å². The number of rotatable bonds is 6. The van der Waals surface area contributed by atoms with E-state index in [1.165, 1.54) is 26.0 Å². The molecule has 0 aliphatic carbocycles. The number of ether oxygens (including phenoxy) is 3. The highest BCUT2D eigenvalue weighted by molar-refractivity contribution is 7.93. The van der Waals surface area contributed by atoms with Gasteiger partial charge >= 0.3 is 11.9 Å². The van der Waals surface area contributed by atoms with Gasteiger partial charge in [-0.1, -0.05) is 6.92 Å². The van der Waals surface area contributed by atoms with Gasteiger partial charge < -0.3 is 19.1 Å². The molecular weight excluding hydrogens is 442 g/mol. The molecule has 0 radical (unpaired) electrons. The quantitative estimate of drug-likeness (QED) is 0.524. The Kier molecular flexibility index (Phi) is 6.18. The van der Waals surface area contributed by atoms with Crippen molar-refractivity contribution < 1.29 is 37.0 Å². The molecule has 2 heterocycles. The Hall–Kier alpha value is -3.15. The van der Waals surface area contributed by atoms with Gasteiger partial charge in [0.15, 0.2) is 20.6 Å². The monoisotopic (exact) mass is 467 g/mol. The Balaban J connectivity index is 2.41. The second-order valence-electron chi connectivity index (χ2n) is 7.34. The summed E-state index contributed by atoms with van der Waals surface area (Å²) in [6, 6.07) is 3.28. The molecule has 0 aromatic heterocycles. The molecule has 1 fully saturated rings. The molecule has 1 saturated heterocycles. The first-order chi connectivity index (χ1) is 15.1. The first-order valence-electron chi connectivity index (χ1n) is 9.74. The average molecular weight is 468 g/mol. The van der Waals surface area contributed by atoms with Crippen molar-refractivity contribution in [3.05, 3.63) is 24.3 Å². The zero-order chi connectivity index (χ0) is 23.8. The molecule has 4 atom stereocenters. The number of hydrogen-bond donors (Lipinski definition) is 0. The summed E-state index contributed by atoms with van der Waals surface area (Å²) in [7, 11) is 0.872. The van der Waals surface area contributed by atoms with Crippen LogP contribution in [0.5, 0.6) is 5.75 Å². The van der Waals surface area contributed by atoms with Crippen LogP contribution in [0.1, 0.15) is 6.92 Å². The molecule has 0 spiro atoms. The predicted octanol–water partition coefficient (Wildman–Crippen LogP) is -0.154. The Morgan fingerprint density at radius 2 is 1.69 bits per heavy atom. The fourth-order valence-electron chi connectivity index (χ4n) is 4.41. The number of nitrogens with zero attached hydrogens (tertiary/aromatic N) is 3. The van der Waals surface area contributed by atoms with Crippen LogP contribution in [0.4, 0.5) is 5.69 Å². The van der Waals surface area contributed by atoms with Gasteiger partial charge in [0.2, 0.25) is 5.91 Å². The zero-order valence-corrected chi connectivity index (χ0v) is 19.2. The number of benzene rings is 1. The lowest BCUT2D eigenvalue weighted by molar-refractivity contribution is -0.148. The number of amides is 1. The topological polar surface area (TPSA) is 132 Å². The Morgan fingerprint density at radius 3 is 2.19 bits per heavy atom. The summed E-state index contributed by atoms with van der Waals surface area (Å²) in [5, 5.41) is 4.91. The number of hydrogen-bond acceptors (Lipinski definition) is 10. The van der Waals surface area contributed by atoms with Crippen LogP contribution in [0, 0.1) is 5.92 Å². The molecule has 1 aromatic carbocycles. The highest BCUT2D eigenvalue weighted by Gasteiger charge is 2.73. The van der Waals surface area contributed by atoms with Gasteiger partial charge in [-0.05, 0) is 24.3 Å². The molecule has 1 amide bonds. The van der Waals surface area contributed by atoms with Gasteiger partial charge in [-0.2, -0.15) is 5.10 Å². The normalized spacial score (nSPS) is 27.2. The van der Waals surface area contributed by atoms with Crippen molar-refractivity contribution in [2.24, 2.45) is 11.0 Å². The van der Waals surface area contributed by atoms with E-state index in [2.05, 4.69) is 5.10 Å². The minimum atomic E-state index is -4.18. The third-order valence-corrected chi connectivity index (χ3v) is 8.40. The molecular formula is C20H25N3O8S. The molecule has 32 heavy (non-hydrogen) atoms. The third kappa shape index (κ3) is 3.20. The molecule has 174 valence electrons. The Labute approximate surface area is 185 Å². The van der Waals surface area contributed by atoms with E-state index in [1.54, 1.807) is 24.3 Å². The van der Waals surface area contributed by atoms with E-state index >= 15 is 0 Å². The number of carbonyl (C=O) groups is 3. The van der Waals surface area contributed by atoms with E-state index in [9.17, 15) is 22.8 Å². The summed E-state index contributed by atoms with van der Waals surface area (Å²) < 4.78 is 39.9. The minimum Gasteiger partial charge on any atom is -0.497 e. The van der Waals surface area contributed by atoms with Crippen molar-refractivity contribution in [2.75, 3.05) is 39.0 Å². The molecule has 2 aliphatic rings. The number of methoxy groups -OCH3 is 3. The summed E-state index contributed by atoms with van der Waals surface area (Å²) in [6.07, 6.45) is 1.07. The third-order valence-electron chi connectivity index (χ3n) is 5.98. The summed E-state index contributed by atoms with van der Waals surface area (Å²) in [5.41, 5.74) is 0.306. The molecule has 12 heteroatoms. The molecule has 0 bridgehead atoms. The highest BCUT2D eigenvalue weighted by Crippen LogP contribution is 2.49. The van der Waals surface area contributed by atoms with Crippen molar-refractivity contribution in [1.29, 1.82) is 0 Å². The average Bonchev–Trinajstić information content (AvgIpc) is 3.13. The standard InChI is InChI=1S/C20H25N3O8S/c1-6-32(27,28)20-11-21-22(2)17(24)14(20)15(18(25)30-4)23(16(20)19(26)31-5)12-7-9-13(29-3)10-8-12/h7-11,14-16H,6H2,1-5H3/t14-,15?,16?,20-/m1/s1. The van der Waals surface area contributed by atoms with Crippen molar-refractivity contribution in [1.82, 2.24) is 5.01 Å². The second kappa shape index (κ2) is 8.41. The molecule has 11 nitrogen and oxygen atoms in total. The summed E-state index contributed by atoms with van der Waals surface area (Å²) in [4.78, 5) is 40.6. The number of hydrazone groups is 1. The van der Waals surface area contributed by atoms with Crippen LogP contribution in [0.3, 0.4) is 0 Å². The molecule has 1 aromatic rings. The lowest BCUT2D eigenvalue weighted by atomic mass is 9.84. The molecule has 0 saturated carbocycles. The van der Waals surface area contributed by atoms with Crippen molar-refractivity contribution in [3.63, 3.8) is 0 Å². The van der Waals surface area contributed by atoms with Crippen LogP contribution >= 0.6 is 0 Å². The Bertz CT molecular complexity index is 1060. The lowest BCUT2D eigenvalue weighted by Crippen LogP contribution is -2.63. The summed E-state index contributed by atoms with van der Waals surface area (Å²) in [5.74, 6) is -3.92. The van der Waals surface area contributed by atoms with Crippen LogP contribution < -0.4 is 9.64 Å². The molecule has 3 rings (SSSR count). The van der Waals surface area contributed by atoms with Crippen LogP contribution in [0.25, 0.3) is 0 Å². The minimum absolute atomic E-state index is 0.306. The van der Waals surface area contributed by atoms with Gasteiger partial charge in [0, 0.05) is 24.7 Å². The lowest BCUT2D eigenvalue weighted by Gasteiger charge is -2.37. The molecule has 0 N–H and O–H groups in total. The van der Waals surface area contributed by atoms with Gasteiger partial charge in [0.1, 0.15) is 11.8 Å². The highest BCUT2D eigenvalue weighted by atomic mass is 32.2. The molecule has 2 unspecified atom stereocenters. The van der Waals surface area contributed by atoms with Crippen molar-refractivity contribution in [2.45, 2.75) is 23.8 Å². The zero-order valence-electron chi connectivity index (χ0n) is 18.3. The van der Waals surface area contributed by atoms with E-state index in [1.807, 2.05) is 0 Å². The van der Waals surface area contributed by atoms with E-state index in [0.29, 0.717) is 11.4 Å². The summed E-state index contributed by atoms with van der Waals surface area (Å²) >= 11 is 0. The van der Waals surface area contributed by atoms with Gasteiger partial charge in [-0.3, -0.25) is 4.79 Å². The van der Waals surface area contributed by atoms with Crippen LogP contribution in [-0.4, -0.2) is 88.4 Å². The number of anilines is 1. The van der Waals surface area contributed by atoms with Crippen LogP contribution in [0.15, 0.2) is 29.4 Å². The first kappa shape index (κ1) is 23.5. The number of sulfone groups is 1. The fraction of sp³-hybridized carbons (Fsp3) is 0.500. The SMILES string of the molecule is CCS(=O)(=O)[C@]12C=NN(C)C(=O)[C@H]1C(C(=O)OC)N(c1ccc(OC)cc1)C2C(=O)OC. The maximum atomic E-state index is 13.5. The van der Waals surface area contributed by atoms with Crippen LogP contribution in [-0.2, 0) is 33.7 Å². The second-order valence-corrected chi connectivity index (χ2v) is 9.85. The van der Waals surface area contributed by atoms with Crippen LogP contribution in [0.2, 0.25) is 0 Å². The maximum Gasteiger partial charge on any atom is 0.330 e. The van der Waals surface area contributed by atoms with E-state index < -0.39 is 56.2 Å². The fourth-order valence-corrected chi connectivity index (χ4v) is 6.28. The van der Waals surface area contributed by atoms with Crippen molar-refractivity contribution >= 4 is 39.6 Å². The summed E-state index contributed by atoms with van der Waals surface area (Å²) in [6.45, 7) is 1.40. The van der Waals surface area contributed by atoms with E-state index in [4.69, 9.17) is 14.2 Å². The first-order valence-corrected chi connectivity index (χ1v) is 11.4.